The van der Waals surface area contributed by atoms with Gasteiger partial charge in [-0.3, -0.25) is 4.79 Å². The van der Waals surface area contributed by atoms with Crippen LogP contribution in [0.3, 0.4) is 0 Å². The highest BCUT2D eigenvalue weighted by atomic mass is 19.1. The largest absolute Gasteiger partial charge is 0.477 e. The number of hydrogen-bond acceptors (Lipinski definition) is 6. The molecule has 9 heteroatoms. The molecular weight excluding hydrogens is 423 g/mol. The van der Waals surface area contributed by atoms with Gasteiger partial charge in [0.2, 0.25) is 11.8 Å². The molecule has 1 aliphatic carbocycles. The number of carbonyl (C=O) groups is 1. The number of nitrogens with zero attached hydrogens (tertiary/aromatic N) is 4. The monoisotopic (exact) mass is 446 g/mol. The van der Waals surface area contributed by atoms with Crippen molar-refractivity contribution in [2.75, 3.05) is 18.9 Å². The van der Waals surface area contributed by atoms with Gasteiger partial charge in [0.25, 0.3) is 5.91 Å². The molecule has 1 fully saturated rings. The van der Waals surface area contributed by atoms with Gasteiger partial charge in [0.1, 0.15) is 11.4 Å². The highest BCUT2D eigenvalue weighted by Gasteiger charge is 2.46. The molecule has 1 saturated carbocycles. The fraction of sp³-hybridized carbons (Fsp3) is 0.250. The van der Waals surface area contributed by atoms with Crippen LogP contribution in [-0.2, 0) is 5.41 Å². The number of pyridine rings is 2. The minimum atomic E-state index is -0.365. The normalized spacial score (nSPS) is 14.2. The number of hydrogen-bond donors (Lipinski definition) is 2. The van der Waals surface area contributed by atoms with E-state index in [2.05, 4.69) is 20.4 Å². The van der Waals surface area contributed by atoms with Crippen molar-refractivity contribution in [3.8, 4) is 17.0 Å². The maximum Gasteiger partial charge on any atom is 0.256 e. The number of fused-ring (bicyclic) bond motifs is 1. The van der Waals surface area contributed by atoms with Crippen LogP contribution in [-0.4, -0.2) is 38.6 Å². The molecule has 0 bridgehead atoms. The van der Waals surface area contributed by atoms with Crippen LogP contribution in [0.5, 0.6) is 5.88 Å². The van der Waals surface area contributed by atoms with Crippen molar-refractivity contribution in [1.29, 1.82) is 0 Å². The Morgan fingerprint density at radius 1 is 1.24 bits per heavy atom. The van der Waals surface area contributed by atoms with Gasteiger partial charge < -0.3 is 15.8 Å². The van der Waals surface area contributed by atoms with E-state index in [-0.39, 0.29) is 29.0 Å². The van der Waals surface area contributed by atoms with Crippen LogP contribution < -0.4 is 15.8 Å². The van der Waals surface area contributed by atoms with Crippen LogP contribution in [0.2, 0.25) is 0 Å². The molecule has 1 aliphatic rings. The zero-order valence-electron chi connectivity index (χ0n) is 18.1. The number of aromatic nitrogens is 4. The van der Waals surface area contributed by atoms with Crippen molar-refractivity contribution in [1.82, 2.24) is 24.9 Å². The zero-order chi connectivity index (χ0) is 23.0. The predicted molar refractivity (Wildman–Crippen MR) is 121 cm³/mol. The van der Waals surface area contributed by atoms with Crippen molar-refractivity contribution in [3.63, 3.8) is 0 Å². The van der Waals surface area contributed by atoms with Crippen molar-refractivity contribution in [2.24, 2.45) is 0 Å². The standard InChI is InChI=1S/C24H23FN6O2/c1-2-33-22-17(21(32)28-14-24(8-9-24)18-5-3-4-6-19(18)25)11-16(13-27-22)15-7-10-31-20(12-15)29-23(26)30-31/h3-7,10-13H,2,8-9,14H2,1H3,(H2,26,30)(H,28,32). The first kappa shape index (κ1) is 20.9. The van der Waals surface area contributed by atoms with E-state index in [4.69, 9.17) is 10.5 Å². The Morgan fingerprint density at radius 3 is 2.82 bits per heavy atom. The lowest BCUT2D eigenvalue weighted by molar-refractivity contribution is 0.0945. The molecule has 8 nitrogen and oxygen atoms in total. The number of amides is 1. The SMILES string of the molecule is CCOc1ncc(-c2ccn3nc(N)nc3c2)cc1C(=O)NCC1(c2ccccc2F)CC1. The van der Waals surface area contributed by atoms with Crippen molar-refractivity contribution < 1.29 is 13.9 Å². The Morgan fingerprint density at radius 2 is 2.06 bits per heavy atom. The number of nitrogen functional groups attached to an aromatic ring is 1. The van der Waals surface area contributed by atoms with Gasteiger partial charge >= 0.3 is 0 Å². The third-order valence-corrected chi connectivity index (χ3v) is 5.95. The molecule has 1 aromatic carbocycles. The number of rotatable bonds is 7. The van der Waals surface area contributed by atoms with Crippen LogP contribution >= 0.6 is 0 Å². The van der Waals surface area contributed by atoms with Crippen molar-refractivity contribution in [2.45, 2.75) is 25.2 Å². The first-order valence-electron chi connectivity index (χ1n) is 10.8. The summed E-state index contributed by atoms with van der Waals surface area (Å²) >= 11 is 0. The minimum Gasteiger partial charge on any atom is -0.477 e. The van der Waals surface area contributed by atoms with Gasteiger partial charge in [0.15, 0.2) is 5.65 Å². The number of benzene rings is 1. The molecule has 0 unspecified atom stereocenters. The molecule has 4 aromatic rings. The highest BCUT2D eigenvalue weighted by molar-refractivity contribution is 5.97. The second kappa shape index (κ2) is 8.16. The summed E-state index contributed by atoms with van der Waals surface area (Å²) in [5.74, 6) is -0.126. The second-order valence-corrected chi connectivity index (χ2v) is 8.14. The third kappa shape index (κ3) is 3.97. The molecule has 0 radical (unpaired) electrons. The predicted octanol–water partition coefficient (Wildman–Crippen LogP) is 3.37. The molecule has 0 atom stereocenters. The molecule has 0 saturated heterocycles. The van der Waals surface area contributed by atoms with Crippen LogP contribution in [0.4, 0.5) is 10.3 Å². The van der Waals surface area contributed by atoms with Gasteiger partial charge in [0, 0.05) is 29.9 Å². The topological polar surface area (TPSA) is 107 Å². The van der Waals surface area contributed by atoms with Gasteiger partial charge in [-0.1, -0.05) is 18.2 Å². The summed E-state index contributed by atoms with van der Waals surface area (Å²) in [6.45, 7) is 2.54. The number of anilines is 1. The molecule has 0 aliphatic heterocycles. The molecule has 3 aromatic heterocycles. The van der Waals surface area contributed by atoms with Crippen molar-refractivity contribution in [3.05, 3.63) is 71.8 Å². The van der Waals surface area contributed by atoms with E-state index in [1.54, 1.807) is 35.1 Å². The van der Waals surface area contributed by atoms with Gasteiger partial charge in [-0.25, -0.2) is 13.9 Å². The summed E-state index contributed by atoms with van der Waals surface area (Å²) in [7, 11) is 0. The number of ether oxygens (including phenoxy) is 1. The van der Waals surface area contributed by atoms with E-state index < -0.39 is 0 Å². The molecule has 168 valence electrons. The molecule has 3 heterocycles. The lowest BCUT2D eigenvalue weighted by Gasteiger charge is -2.18. The fourth-order valence-electron chi connectivity index (χ4n) is 4.03. The maximum atomic E-state index is 14.3. The Bertz CT molecular complexity index is 1350. The average Bonchev–Trinajstić information content (AvgIpc) is 3.51. The lowest BCUT2D eigenvalue weighted by atomic mass is 9.95. The quantitative estimate of drug-likeness (QED) is 0.451. The highest BCUT2D eigenvalue weighted by Crippen LogP contribution is 2.48. The van der Waals surface area contributed by atoms with Crippen LogP contribution in [0.25, 0.3) is 16.8 Å². The van der Waals surface area contributed by atoms with E-state index in [9.17, 15) is 9.18 Å². The smallest absolute Gasteiger partial charge is 0.256 e. The minimum absolute atomic E-state index is 0.181. The van der Waals surface area contributed by atoms with E-state index >= 15 is 0 Å². The van der Waals surface area contributed by atoms with Gasteiger partial charge in [-0.2, -0.15) is 4.98 Å². The van der Waals surface area contributed by atoms with Gasteiger partial charge in [-0.15, -0.1) is 5.10 Å². The summed E-state index contributed by atoms with van der Waals surface area (Å²) in [4.78, 5) is 21.7. The third-order valence-electron chi connectivity index (χ3n) is 5.95. The summed E-state index contributed by atoms with van der Waals surface area (Å²) in [5.41, 5.74) is 8.39. The van der Waals surface area contributed by atoms with E-state index in [0.29, 0.717) is 29.9 Å². The number of nitrogens with one attached hydrogen (secondary N) is 1. The second-order valence-electron chi connectivity index (χ2n) is 8.14. The summed E-state index contributed by atoms with van der Waals surface area (Å²) in [6.07, 6.45) is 5.04. The molecule has 1 amide bonds. The fourth-order valence-corrected chi connectivity index (χ4v) is 4.03. The maximum absolute atomic E-state index is 14.3. The first-order chi connectivity index (χ1) is 16.0. The number of nitrogens with two attached hydrogens (primary N) is 1. The molecule has 0 spiro atoms. The summed E-state index contributed by atoms with van der Waals surface area (Å²) in [6, 6.07) is 12.1. The van der Waals surface area contributed by atoms with E-state index in [1.165, 1.54) is 6.07 Å². The molecule has 3 N–H and O–H groups in total. The van der Waals surface area contributed by atoms with E-state index in [1.807, 2.05) is 25.1 Å². The van der Waals surface area contributed by atoms with Crippen molar-refractivity contribution >= 4 is 17.5 Å². The summed E-state index contributed by atoms with van der Waals surface area (Å²) < 4.78 is 21.5. The number of carbonyl (C=O) groups excluding carboxylic acids is 1. The Balaban J connectivity index is 1.42. The summed E-state index contributed by atoms with van der Waals surface area (Å²) in [5, 5.41) is 7.04. The van der Waals surface area contributed by atoms with Crippen LogP contribution in [0, 0.1) is 5.82 Å². The lowest BCUT2D eigenvalue weighted by Crippen LogP contribution is -2.33. The van der Waals surface area contributed by atoms with Gasteiger partial charge in [0.05, 0.1) is 6.61 Å². The molecular formula is C24H23FN6O2. The Labute approximate surface area is 189 Å². The molecule has 33 heavy (non-hydrogen) atoms. The first-order valence-corrected chi connectivity index (χ1v) is 10.8. The van der Waals surface area contributed by atoms with Gasteiger partial charge in [-0.05, 0) is 55.2 Å². The number of halogens is 1. The zero-order valence-corrected chi connectivity index (χ0v) is 18.1. The Hall–Kier alpha value is -4.01. The van der Waals surface area contributed by atoms with Crippen LogP contribution in [0.1, 0.15) is 35.7 Å². The molecule has 5 rings (SSSR count). The Kier molecular flexibility index (Phi) is 5.16. The van der Waals surface area contributed by atoms with Crippen LogP contribution in [0.15, 0.2) is 54.9 Å². The average molecular weight is 446 g/mol. The van der Waals surface area contributed by atoms with E-state index in [0.717, 1.165) is 24.0 Å².